The molecule has 1 unspecified atom stereocenters. The van der Waals surface area contributed by atoms with Gasteiger partial charge in [0.05, 0.1) is 0 Å². The second-order valence-corrected chi connectivity index (χ2v) is 10.6. The monoisotopic (exact) mass is 496 g/mol. The van der Waals surface area contributed by atoms with E-state index in [2.05, 4.69) is 46.4 Å². The minimum Gasteiger partial charge on any atom is -0.369 e. The third-order valence-electron chi connectivity index (χ3n) is 7.88. The first-order valence-electron chi connectivity index (χ1n) is 13.4. The maximum Gasteiger partial charge on any atom is 0.315 e. The van der Waals surface area contributed by atoms with Gasteiger partial charge in [-0.1, -0.05) is 54.9 Å². The Labute approximate surface area is 216 Å². The molecule has 2 amide bonds. The van der Waals surface area contributed by atoms with Crippen molar-refractivity contribution >= 4 is 23.3 Å². The number of urea groups is 1. The van der Waals surface area contributed by atoms with Crippen LogP contribution in [-0.4, -0.2) is 49.2 Å². The lowest BCUT2D eigenvalue weighted by Gasteiger charge is -2.41. The van der Waals surface area contributed by atoms with Gasteiger partial charge in [0.1, 0.15) is 0 Å². The van der Waals surface area contributed by atoms with Gasteiger partial charge >= 0.3 is 6.03 Å². The van der Waals surface area contributed by atoms with Gasteiger partial charge in [0.15, 0.2) is 0 Å². The van der Waals surface area contributed by atoms with Crippen LogP contribution < -0.4 is 15.5 Å². The van der Waals surface area contributed by atoms with Crippen LogP contribution in [0.1, 0.15) is 57.1 Å². The van der Waals surface area contributed by atoms with Crippen LogP contribution in [0, 0.1) is 5.92 Å². The van der Waals surface area contributed by atoms with Crippen LogP contribution in [0.2, 0.25) is 5.02 Å². The zero-order valence-corrected chi connectivity index (χ0v) is 22.1. The van der Waals surface area contributed by atoms with Crippen LogP contribution in [0.15, 0.2) is 48.5 Å². The molecule has 2 aromatic carbocycles. The Kier molecular flexibility index (Phi) is 9.33. The first-order valence-corrected chi connectivity index (χ1v) is 13.8. The number of halogens is 1. The minimum absolute atomic E-state index is 0.0468. The Bertz CT molecular complexity index is 937. The molecule has 2 N–H and O–H groups in total. The smallest absolute Gasteiger partial charge is 0.315 e. The van der Waals surface area contributed by atoms with Crippen LogP contribution in [0.3, 0.4) is 0 Å². The average Bonchev–Trinajstić information content (AvgIpc) is 2.89. The SMILES string of the molecule is CCc1c(Cl)cccc1N1CCN(C(C)CC2CCC(NC(=O)NCc3ccccc3)CC2)CC1. The first kappa shape index (κ1) is 25.8. The molecule has 2 aliphatic rings. The molecule has 0 spiro atoms. The van der Waals surface area contributed by atoms with Gasteiger partial charge in [0.2, 0.25) is 0 Å². The Balaban J connectivity index is 1.16. The van der Waals surface area contributed by atoms with Gasteiger partial charge in [-0.05, 0) is 74.6 Å². The highest BCUT2D eigenvalue weighted by molar-refractivity contribution is 6.31. The van der Waals surface area contributed by atoms with Crippen LogP contribution >= 0.6 is 11.6 Å². The quantitative estimate of drug-likeness (QED) is 0.481. The fourth-order valence-electron chi connectivity index (χ4n) is 5.79. The topological polar surface area (TPSA) is 47.6 Å². The molecule has 35 heavy (non-hydrogen) atoms. The average molecular weight is 497 g/mol. The standard InChI is InChI=1S/C29H41ClN4O/c1-3-26-27(30)10-7-11-28(26)34-18-16-33(17-19-34)22(2)20-23-12-14-25(15-13-23)32-29(35)31-21-24-8-5-4-6-9-24/h4-11,22-23,25H,3,12-21H2,1-2H3,(H2,31,32,35). The number of nitrogens with zero attached hydrogens (tertiary/aromatic N) is 2. The van der Waals surface area contributed by atoms with E-state index in [1.54, 1.807) is 0 Å². The molecule has 1 saturated heterocycles. The fourth-order valence-corrected chi connectivity index (χ4v) is 6.09. The van der Waals surface area contributed by atoms with E-state index in [0.717, 1.165) is 61.9 Å². The van der Waals surface area contributed by atoms with Crippen molar-refractivity contribution in [2.24, 2.45) is 5.92 Å². The minimum atomic E-state index is -0.0468. The van der Waals surface area contributed by atoms with E-state index >= 15 is 0 Å². The summed E-state index contributed by atoms with van der Waals surface area (Å²) in [6.45, 7) is 9.49. The van der Waals surface area contributed by atoms with Crippen molar-refractivity contribution in [1.29, 1.82) is 0 Å². The molecular weight excluding hydrogens is 456 g/mol. The molecule has 1 atom stereocenters. The largest absolute Gasteiger partial charge is 0.369 e. The lowest BCUT2D eigenvalue weighted by Crippen LogP contribution is -2.50. The summed E-state index contributed by atoms with van der Waals surface area (Å²) in [5, 5.41) is 7.06. The third kappa shape index (κ3) is 7.14. The fraction of sp³-hybridized carbons (Fsp3) is 0.552. The van der Waals surface area contributed by atoms with Crippen molar-refractivity contribution in [2.45, 2.75) is 71.0 Å². The molecule has 0 radical (unpaired) electrons. The second-order valence-electron chi connectivity index (χ2n) is 10.2. The van der Waals surface area contributed by atoms with Gasteiger partial charge in [-0.25, -0.2) is 4.79 Å². The summed E-state index contributed by atoms with van der Waals surface area (Å²) in [6.07, 6.45) is 6.80. The van der Waals surface area contributed by atoms with E-state index in [0.29, 0.717) is 18.6 Å². The Morgan fingerprint density at radius 3 is 2.40 bits per heavy atom. The van der Waals surface area contributed by atoms with Crippen LogP contribution in [0.25, 0.3) is 0 Å². The summed E-state index contributed by atoms with van der Waals surface area (Å²) in [4.78, 5) is 17.5. The summed E-state index contributed by atoms with van der Waals surface area (Å²) in [7, 11) is 0. The summed E-state index contributed by atoms with van der Waals surface area (Å²) in [6, 6.07) is 17.2. The third-order valence-corrected chi connectivity index (χ3v) is 8.23. The number of amides is 2. The molecule has 6 heteroatoms. The van der Waals surface area contributed by atoms with E-state index in [4.69, 9.17) is 11.6 Å². The summed E-state index contributed by atoms with van der Waals surface area (Å²) < 4.78 is 0. The molecule has 0 aromatic heterocycles. The number of rotatable bonds is 8. The van der Waals surface area contributed by atoms with Gasteiger partial charge < -0.3 is 15.5 Å². The molecule has 4 rings (SSSR count). The molecule has 1 heterocycles. The summed E-state index contributed by atoms with van der Waals surface area (Å²) in [5.41, 5.74) is 3.71. The van der Waals surface area contributed by atoms with Gasteiger partial charge in [-0.15, -0.1) is 0 Å². The highest BCUT2D eigenvalue weighted by Crippen LogP contribution is 2.31. The molecule has 2 fully saturated rings. The number of nitrogens with one attached hydrogen (secondary N) is 2. The van der Waals surface area contributed by atoms with E-state index < -0.39 is 0 Å². The summed E-state index contributed by atoms with van der Waals surface area (Å²) >= 11 is 6.45. The van der Waals surface area contributed by atoms with Crippen molar-refractivity contribution in [3.8, 4) is 0 Å². The van der Waals surface area contributed by atoms with Crippen molar-refractivity contribution in [3.05, 3.63) is 64.7 Å². The maximum absolute atomic E-state index is 12.3. The number of hydrogen-bond donors (Lipinski definition) is 2. The van der Waals surface area contributed by atoms with Crippen molar-refractivity contribution in [1.82, 2.24) is 15.5 Å². The predicted octanol–water partition coefficient (Wildman–Crippen LogP) is 5.86. The summed E-state index contributed by atoms with van der Waals surface area (Å²) in [5.74, 6) is 0.757. The predicted molar refractivity (Wildman–Crippen MR) is 146 cm³/mol. The molecular formula is C29H41ClN4O. The molecule has 0 bridgehead atoms. The van der Waals surface area contributed by atoms with Crippen LogP contribution in [0.5, 0.6) is 0 Å². The number of piperazine rings is 1. The number of benzene rings is 2. The first-order chi connectivity index (χ1) is 17.0. The molecule has 1 saturated carbocycles. The van der Waals surface area contributed by atoms with Crippen molar-refractivity contribution in [2.75, 3.05) is 31.1 Å². The zero-order valence-electron chi connectivity index (χ0n) is 21.3. The number of hydrogen-bond acceptors (Lipinski definition) is 3. The number of carbonyl (C=O) groups is 1. The lowest BCUT2D eigenvalue weighted by molar-refractivity contribution is 0.154. The number of carbonyl (C=O) groups excluding carboxylic acids is 1. The molecule has 190 valence electrons. The van der Waals surface area contributed by atoms with Gasteiger partial charge in [-0.2, -0.15) is 0 Å². The Morgan fingerprint density at radius 2 is 1.71 bits per heavy atom. The highest BCUT2D eigenvalue weighted by atomic mass is 35.5. The molecule has 1 aliphatic heterocycles. The van der Waals surface area contributed by atoms with Gasteiger partial charge in [0, 0.05) is 55.5 Å². The zero-order chi connectivity index (χ0) is 24.6. The second kappa shape index (κ2) is 12.6. The van der Waals surface area contributed by atoms with Crippen molar-refractivity contribution in [3.63, 3.8) is 0 Å². The number of anilines is 1. The molecule has 1 aliphatic carbocycles. The highest BCUT2D eigenvalue weighted by Gasteiger charge is 2.27. The normalized spacial score (nSPS) is 22.0. The van der Waals surface area contributed by atoms with Crippen molar-refractivity contribution < 1.29 is 4.79 Å². The van der Waals surface area contributed by atoms with E-state index in [1.807, 2.05) is 36.4 Å². The van der Waals surface area contributed by atoms with Crippen LogP contribution in [0.4, 0.5) is 10.5 Å². The van der Waals surface area contributed by atoms with E-state index in [-0.39, 0.29) is 6.03 Å². The van der Waals surface area contributed by atoms with E-state index in [9.17, 15) is 4.79 Å². The van der Waals surface area contributed by atoms with Crippen LogP contribution in [-0.2, 0) is 13.0 Å². The van der Waals surface area contributed by atoms with Gasteiger partial charge in [-0.3, -0.25) is 4.90 Å². The molecule has 2 aromatic rings. The van der Waals surface area contributed by atoms with Gasteiger partial charge in [0.25, 0.3) is 0 Å². The Hall–Kier alpha value is -2.24. The van der Waals surface area contributed by atoms with E-state index in [1.165, 1.54) is 30.5 Å². The molecule has 5 nitrogen and oxygen atoms in total. The lowest BCUT2D eigenvalue weighted by atomic mass is 9.82. The Morgan fingerprint density at radius 1 is 1.00 bits per heavy atom. The maximum atomic E-state index is 12.3.